The highest BCUT2D eigenvalue weighted by molar-refractivity contribution is 7.89. The standard InChI is InChI=1S/C18H14ClFN4O6S/c1-21-13-4-2-10(6-12(13)20)29-15-7-24(8-18(15,26)9-25)31(27,28)14-5-3-11(19)16-17(14)23-30-22-16/h2-6,15,25-26H,7-9H2/t15-,18+/m0/s1. The molecule has 162 valence electrons. The number of aliphatic hydroxyl groups excluding tert-OH is 1. The maximum absolute atomic E-state index is 13.9. The summed E-state index contributed by atoms with van der Waals surface area (Å²) in [6, 6.07) is 6.02. The maximum atomic E-state index is 13.9. The van der Waals surface area contributed by atoms with Crippen LogP contribution in [-0.2, 0) is 10.0 Å². The molecule has 2 heterocycles. The van der Waals surface area contributed by atoms with Gasteiger partial charge >= 0.3 is 0 Å². The molecular weight excluding hydrogens is 455 g/mol. The zero-order chi connectivity index (χ0) is 22.4. The second-order valence-electron chi connectivity index (χ2n) is 6.90. The van der Waals surface area contributed by atoms with Crippen molar-refractivity contribution in [2.45, 2.75) is 16.6 Å². The third-order valence-electron chi connectivity index (χ3n) is 4.96. The molecule has 0 unspecified atom stereocenters. The van der Waals surface area contributed by atoms with Crippen LogP contribution in [0.15, 0.2) is 39.9 Å². The molecule has 0 amide bonds. The highest BCUT2D eigenvalue weighted by Crippen LogP contribution is 2.34. The second kappa shape index (κ2) is 7.70. The van der Waals surface area contributed by atoms with Crippen LogP contribution in [0.1, 0.15) is 0 Å². The lowest BCUT2D eigenvalue weighted by atomic mass is 10.0. The van der Waals surface area contributed by atoms with Gasteiger partial charge in [-0.1, -0.05) is 11.6 Å². The van der Waals surface area contributed by atoms with Crippen LogP contribution in [0.3, 0.4) is 0 Å². The first-order valence-electron chi connectivity index (χ1n) is 8.77. The number of hydrogen-bond acceptors (Lipinski definition) is 8. The maximum Gasteiger partial charge on any atom is 0.245 e. The van der Waals surface area contributed by atoms with E-state index in [9.17, 15) is 23.0 Å². The first-order chi connectivity index (χ1) is 14.7. The zero-order valence-corrected chi connectivity index (χ0v) is 17.1. The van der Waals surface area contributed by atoms with Crippen molar-refractivity contribution in [3.8, 4) is 5.75 Å². The van der Waals surface area contributed by atoms with Gasteiger partial charge in [-0.25, -0.2) is 22.3 Å². The molecule has 0 saturated carbocycles. The van der Waals surface area contributed by atoms with E-state index >= 15 is 0 Å². The molecule has 0 bridgehead atoms. The molecule has 0 aliphatic carbocycles. The van der Waals surface area contributed by atoms with E-state index in [0.717, 1.165) is 10.4 Å². The largest absolute Gasteiger partial charge is 0.486 e. The number of benzene rings is 2. The van der Waals surface area contributed by atoms with E-state index in [1.54, 1.807) is 0 Å². The highest BCUT2D eigenvalue weighted by Gasteiger charge is 2.51. The minimum atomic E-state index is -4.23. The summed E-state index contributed by atoms with van der Waals surface area (Å²) in [6.45, 7) is 5.23. The number of halogens is 2. The summed E-state index contributed by atoms with van der Waals surface area (Å²) in [5, 5.41) is 27.9. The predicted octanol–water partition coefficient (Wildman–Crippen LogP) is 1.74. The summed E-state index contributed by atoms with van der Waals surface area (Å²) < 4.78 is 51.4. The number of sulfonamides is 1. The molecule has 3 aromatic rings. The number of β-amino-alcohol motifs (C(OH)–C–C–N with tert-alkyl or cyclic N) is 1. The number of nitrogens with zero attached hydrogens (tertiary/aromatic N) is 4. The van der Waals surface area contributed by atoms with Crippen LogP contribution in [-0.4, -0.2) is 64.7 Å². The number of ether oxygens (including phenoxy) is 1. The lowest BCUT2D eigenvalue weighted by Crippen LogP contribution is -2.48. The summed E-state index contributed by atoms with van der Waals surface area (Å²) >= 11 is 5.98. The van der Waals surface area contributed by atoms with Crippen LogP contribution in [0.25, 0.3) is 15.9 Å². The van der Waals surface area contributed by atoms with Crippen LogP contribution in [0.2, 0.25) is 5.02 Å². The molecule has 31 heavy (non-hydrogen) atoms. The molecular formula is C18H14ClFN4O6S. The van der Waals surface area contributed by atoms with Gasteiger partial charge in [0.1, 0.15) is 28.2 Å². The van der Waals surface area contributed by atoms with Gasteiger partial charge in [-0.2, -0.15) is 4.31 Å². The lowest BCUT2D eigenvalue weighted by molar-refractivity contribution is -0.0641. The second-order valence-corrected chi connectivity index (χ2v) is 9.21. The number of fused-ring (bicyclic) bond motifs is 1. The normalized spacial score (nSPS) is 22.0. The van der Waals surface area contributed by atoms with E-state index in [4.69, 9.17) is 22.9 Å². The molecule has 1 saturated heterocycles. The Bertz CT molecular complexity index is 1310. The van der Waals surface area contributed by atoms with E-state index in [2.05, 4.69) is 19.8 Å². The van der Waals surface area contributed by atoms with Crippen molar-refractivity contribution in [1.82, 2.24) is 14.6 Å². The van der Waals surface area contributed by atoms with Crippen LogP contribution in [0.5, 0.6) is 5.75 Å². The fourth-order valence-corrected chi connectivity index (χ4v) is 5.09. The Morgan fingerprint density at radius 2 is 2.10 bits per heavy atom. The number of rotatable bonds is 5. The van der Waals surface area contributed by atoms with Crippen LogP contribution >= 0.6 is 11.6 Å². The average Bonchev–Trinajstić information content (AvgIpc) is 3.35. The van der Waals surface area contributed by atoms with Crippen molar-refractivity contribution >= 4 is 38.3 Å². The van der Waals surface area contributed by atoms with Crippen LogP contribution in [0.4, 0.5) is 10.1 Å². The molecule has 2 N–H and O–H groups in total. The number of aromatic nitrogens is 2. The Morgan fingerprint density at radius 3 is 2.77 bits per heavy atom. The third-order valence-corrected chi connectivity index (χ3v) is 7.11. The predicted molar refractivity (Wildman–Crippen MR) is 105 cm³/mol. The van der Waals surface area contributed by atoms with E-state index in [0.29, 0.717) is 0 Å². The Kier molecular flexibility index (Phi) is 5.32. The van der Waals surface area contributed by atoms with Crippen molar-refractivity contribution in [2.75, 3.05) is 19.7 Å². The molecule has 1 fully saturated rings. The Morgan fingerprint density at radius 1 is 1.35 bits per heavy atom. The molecule has 2 aromatic carbocycles. The van der Waals surface area contributed by atoms with Gasteiger partial charge < -0.3 is 14.9 Å². The van der Waals surface area contributed by atoms with E-state index < -0.39 is 40.7 Å². The average molecular weight is 469 g/mol. The van der Waals surface area contributed by atoms with Gasteiger partial charge in [0.05, 0.1) is 24.7 Å². The molecule has 2 atom stereocenters. The van der Waals surface area contributed by atoms with Crippen molar-refractivity contribution in [3.63, 3.8) is 0 Å². The molecule has 0 spiro atoms. The van der Waals surface area contributed by atoms with Gasteiger partial charge in [-0.15, -0.1) is 0 Å². The molecule has 0 radical (unpaired) electrons. The van der Waals surface area contributed by atoms with E-state index in [1.807, 2.05) is 0 Å². The topological polar surface area (TPSA) is 130 Å². The first-order valence-corrected chi connectivity index (χ1v) is 10.6. The van der Waals surface area contributed by atoms with Gasteiger partial charge in [0, 0.05) is 12.6 Å². The summed E-state index contributed by atoms with van der Waals surface area (Å²) in [4.78, 5) is 2.76. The molecule has 10 nitrogen and oxygen atoms in total. The van der Waals surface area contributed by atoms with Crippen molar-refractivity contribution in [2.24, 2.45) is 0 Å². The highest BCUT2D eigenvalue weighted by atomic mass is 35.5. The first kappa shape index (κ1) is 21.4. The van der Waals surface area contributed by atoms with Crippen molar-refractivity contribution in [1.29, 1.82) is 0 Å². The Labute approximate surface area is 180 Å². The monoisotopic (exact) mass is 468 g/mol. The molecule has 1 aliphatic heterocycles. The summed E-state index contributed by atoms with van der Waals surface area (Å²) in [6.07, 6.45) is -1.22. The molecule has 4 rings (SSSR count). The van der Waals surface area contributed by atoms with E-state index in [1.165, 1.54) is 24.3 Å². The van der Waals surface area contributed by atoms with Gasteiger partial charge in [-0.05, 0) is 34.6 Å². The Hall–Kier alpha value is -2.82. The van der Waals surface area contributed by atoms with Gasteiger partial charge in [0.25, 0.3) is 0 Å². The van der Waals surface area contributed by atoms with E-state index in [-0.39, 0.29) is 38.9 Å². The van der Waals surface area contributed by atoms with Gasteiger partial charge in [0.15, 0.2) is 11.0 Å². The zero-order valence-electron chi connectivity index (χ0n) is 15.6. The number of hydrogen-bond donors (Lipinski definition) is 2. The minimum absolute atomic E-state index is 0.0318. The fraction of sp³-hybridized carbons (Fsp3) is 0.278. The fourth-order valence-electron chi connectivity index (χ4n) is 3.29. The summed E-state index contributed by atoms with van der Waals surface area (Å²) in [7, 11) is -4.23. The summed E-state index contributed by atoms with van der Waals surface area (Å²) in [5.41, 5.74) is -2.20. The van der Waals surface area contributed by atoms with Crippen molar-refractivity contribution < 1.29 is 32.4 Å². The summed E-state index contributed by atoms with van der Waals surface area (Å²) in [5.74, 6) is -0.861. The van der Waals surface area contributed by atoms with Gasteiger partial charge in [0.2, 0.25) is 15.7 Å². The minimum Gasteiger partial charge on any atom is -0.486 e. The lowest BCUT2D eigenvalue weighted by Gasteiger charge is -2.27. The van der Waals surface area contributed by atoms with Crippen LogP contribution < -0.4 is 4.74 Å². The quantitative estimate of drug-likeness (QED) is 0.541. The molecule has 1 aliphatic rings. The SMILES string of the molecule is [C-]#[N+]c1ccc(O[C@H]2CN(S(=O)(=O)c3ccc(Cl)c4nonc34)C[C@@]2(O)CO)cc1F. The molecule has 13 heteroatoms. The molecule has 1 aromatic heterocycles. The van der Waals surface area contributed by atoms with Gasteiger partial charge in [-0.3, -0.25) is 0 Å². The number of aliphatic hydroxyl groups is 2. The smallest absolute Gasteiger partial charge is 0.245 e. The third kappa shape index (κ3) is 3.60. The van der Waals surface area contributed by atoms with Crippen molar-refractivity contribution in [3.05, 3.63) is 52.6 Å². The van der Waals surface area contributed by atoms with Crippen LogP contribution in [0, 0.1) is 12.4 Å². The Balaban J connectivity index is 1.66.